The molecule has 2 saturated heterocycles. The second kappa shape index (κ2) is 7.97. The van der Waals surface area contributed by atoms with Gasteiger partial charge in [0, 0.05) is 18.6 Å². The number of fused-ring (bicyclic) bond motifs is 1. The molecule has 0 radical (unpaired) electrons. The lowest BCUT2D eigenvalue weighted by atomic mass is 9.74. The number of rotatable bonds is 6. The van der Waals surface area contributed by atoms with Crippen LogP contribution in [0.4, 0.5) is 0 Å². The van der Waals surface area contributed by atoms with Gasteiger partial charge in [0.15, 0.2) is 0 Å². The number of carbonyl (C=O) groups excluding carboxylic acids is 3. The van der Waals surface area contributed by atoms with Gasteiger partial charge < -0.3 is 20.3 Å². The molecule has 2 N–H and O–H groups in total. The molecular formula is C26H31N3O4. The van der Waals surface area contributed by atoms with Gasteiger partial charge in [-0.2, -0.15) is 0 Å². The molecule has 3 aliphatic heterocycles. The molecular weight excluding hydrogens is 418 g/mol. The molecule has 1 aromatic rings. The number of ether oxygens (including phenoxy) is 1. The first-order chi connectivity index (χ1) is 16.1. The highest BCUT2D eigenvalue weighted by atomic mass is 16.5. The van der Waals surface area contributed by atoms with E-state index in [1.54, 1.807) is 4.90 Å². The molecule has 2 aliphatic carbocycles. The van der Waals surface area contributed by atoms with E-state index in [2.05, 4.69) is 10.6 Å². The van der Waals surface area contributed by atoms with Crippen LogP contribution in [-0.4, -0.2) is 52.5 Å². The average Bonchev–Trinajstić information content (AvgIpc) is 3.43. The largest absolute Gasteiger partial charge is 0.359 e. The van der Waals surface area contributed by atoms with Gasteiger partial charge in [-0.25, -0.2) is 0 Å². The molecule has 5 aliphatic rings. The van der Waals surface area contributed by atoms with Gasteiger partial charge in [-0.1, -0.05) is 61.7 Å². The highest BCUT2D eigenvalue weighted by Crippen LogP contribution is 2.57. The van der Waals surface area contributed by atoms with Gasteiger partial charge in [0.2, 0.25) is 17.7 Å². The Balaban J connectivity index is 1.25. The Hall–Kier alpha value is -2.67. The van der Waals surface area contributed by atoms with E-state index in [9.17, 15) is 14.4 Å². The van der Waals surface area contributed by atoms with E-state index in [-0.39, 0.29) is 29.8 Å². The summed E-state index contributed by atoms with van der Waals surface area (Å²) >= 11 is 0. The molecule has 174 valence electrons. The van der Waals surface area contributed by atoms with E-state index < -0.39 is 29.6 Å². The lowest BCUT2D eigenvalue weighted by Crippen LogP contribution is -2.57. The molecule has 3 heterocycles. The summed E-state index contributed by atoms with van der Waals surface area (Å²) in [7, 11) is 0. The van der Waals surface area contributed by atoms with E-state index >= 15 is 0 Å². The number of likely N-dealkylation sites (tertiary alicyclic amines) is 1. The third kappa shape index (κ3) is 3.39. The minimum Gasteiger partial charge on any atom is -0.359 e. The molecule has 0 aromatic heterocycles. The Kier molecular flexibility index (Phi) is 5.05. The maximum absolute atomic E-state index is 13.7. The first kappa shape index (κ1) is 20.9. The summed E-state index contributed by atoms with van der Waals surface area (Å²) in [5.41, 5.74) is -0.0417. The van der Waals surface area contributed by atoms with E-state index in [0.29, 0.717) is 6.54 Å². The predicted molar refractivity (Wildman–Crippen MR) is 121 cm³/mol. The van der Waals surface area contributed by atoms with Crippen LogP contribution in [0.1, 0.15) is 50.5 Å². The van der Waals surface area contributed by atoms with Crippen molar-refractivity contribution >= 4 is 17.7 Å². The van der Waals surface area contributed by atoms with Crippen LogP contribution < -0.4 is 10.6 Å². The van der Waals surface area contributed by atoms with Crippen LogP contribution in [0.5, 0.6) is 0 Å². The maximum Gasteiger partial charge on any atom is 0.246 e. The Morgan fingerprint density at radius 3 is 2.52 bits per heavy atom. The quantitative estimate of drug-likeness (QED) is 0.651. The van der Waals surface area contributed by atoms with Gasteiger partial charge in [0.1, 0.15) is 11.6 Å². The molecule has 6 rings (SSSR count). The van der Waals surface area contributed by atoms with Gasteiger partial charge in [-0.15, -0.1) is 0 Å². The normalized spacial score (nSPS) is 35.0. The minimum absolute atomic E-state index is 0.0728. The summed E-state index contributed by atoms with van der Waals surface area (Å²) in [5.74, 6) is -1.67. The zero-order chi connectivity index (χ0) is 22.6. The smallest absolute Gasteiger partial charge is 0.246 e. The SMILES string of the molecule is O=C(NCc1ccccc1)[C@H]1[C@H]2C(=O)N(C3CC3)[C@@H](C(=O)NC3CCCCC3)[C@@]23C=C[C@H]1O3. The van der Waals surface area contributed by atoms with Crippen LogP contribution >= 0.6 is 0 Å². The number of benzene rings is 1. The van der Waals surface area contributed by atoms with Gasteiger partial charge in [0.25, 0.3) is 0 Å². The second-order valence-corrected chi connectivity index (χ2v) is 10.2. The van der Waals surface area contributed by atoms with Crippen molar-refractivity contribution in [1.29, 1.82) is 0 Å². The minimum atomic E-state index is -1.04. The fourth-order valence-corrected chi connectivity index (χ4v) is 6.38. The Bertz CT molecular complexity index is 985. The second-order valence-electron chi connectivity index (χ2n) is 10.2. The number of amides is 3. The van der Waals surface area contributed by atoms with Crippen molar-refractivity contribution in [2.24, 2.45) is 11.8 Å². The highest BCUT2D eigenvalue weighted by Gasteiger charge is 2.74. The zero-order valence-electron chi connectivity index (χ0n) is 18.7. The van der Waals surface area contributed by atoms with Gasteiger partial charge in [0.05, 0.1) is 17.9 Å². The zero-order valence-corrected chi connectivity index (χ0v) is 18.7. The van der Waals surface area contributed by atoms with Crippen LogP contribution in [0.3, 0.4) is 0 Å². The molecule has 7 heteroatoms. The van der Waals surface area contributed by atoms with Crippen LogP contribution in [-0.2, 0) is 25.7 Å². The van der Waals surface area contributed by atoms with Crippen LogP contribution in [0.15, 0.2) is 42.5 Å². The van der Waals surface area contributed by atoms with Crippen molar-refractivity contribution in [2.75, 3.05) is 0 Å². The first-order valence-electron chi connectivity index (χ1n) is 12.4. The molecule has 33 heavy (non-hydrogen) atoms. The van der Waals surface area contributed by atoms with E-state index in [1.807, 2.05) is 42.5 Å². The van der Waals surface area contributed by atoms with Crippen molar-refractivity contribution in [1.82, 2.24) is 15.5 Å². The molecule has 5 atom stereocenters. The monoisotopic (exact) mass is 449 g/mol. The van der Waals surface area contributed by atoms with Gasteiger partial charge >= 0.3 is 0 Å². The number of hydrogen-bond acceptors (Lipinski definition) is 4. The van der Waals surface area contributed by atoms with E-state index in [1.165, 1.54) is 6.42 Å². The summed E-state index contributed by atoms with van der Waals surface area (Å²) in [5, 5.41) is 6.23. The molecule has 0 unspecified atom stereocenters. The highest BCUT2D eigenvalue weighted by molar-refractivity contribution is 6.00. The Labute approximate surface area is 193 Å². The van der Waals surface area contributed by atoms with Crippen molar-refractivity contribution < 1.29 is 19.1 Å². The van der Waals surface area contributed by atoms with Crippen molar-refractivity contribution in [3.63, 3.8) is 0 Å². The summed E-state index contributed by atoms with van der Waals surface area (Å²) in [4.78, 5) is 42.3. The van der Waals surface area contributed by atoms with Crippen molar-refractivity contribution in [3.8, 4) is 0 Å². The number of carbonyl (C=O) groups is 3. The molecule has 3 amide bonds. The third-order valence-electron chi connectivity index (χ3n) is 8.06. The Morgan fingerprint density at radius 1 is 1.03 bits per heavy atom. The van der Waals surface area contributed by atoms with Crippen molar-refractivity contribution in [2.45, 2.75) is 81.3 Å². The third-order valence-corrected chi connectivity index (χ3v) is 8.06. The number of nitrogens with zero attached hydrogens (tertiary/aromatic N) is 1. The fourth-order valence-electron chi connectivity index (χ4n) is 6.38. The molecule has 1 aromatic carbocycles. The lowest BCUT2D eigenvalue weighted by molar-refractivity contribution is -0.142. The van der Waals surface area contributed by atoms with E-state index in [0.717, 1.165) is 44.1 Å². The van der Waals surface area contributed by atoms with Crippen LogP contribution in [0.2, 0.25) is 0 Å². The van der Waals surface area contributed by atoms with Gasteiger partial charge in [-0.3, -0.25) is 14.4 Å². The molecule has 2 saturated carbocycles. The topological polar surface area (TPSA) is 87.7 Å². The average molecular weight is 450 g/mol. The molecule has 4 fully saturated rings. The fraction of sp³-hybridized carbons (Fsp3) is 0.577. The van der Waals surface area contributed by atoms with Crippen LogP contribution in [0.25, 0.3) is 0 Å². The number of nitrogens with one attached hydrogen (secondary N) is 2. The first-order valence-corrected chi connectivity index (χ1v) is 12.4. The summed E-state index contributed by atoms with van der Waals surface area (Å²) in [6.07, 6.45) is 10.5. The number of hydrogen-bond donors (Lipinski definition) is 2. The standard InChI is InChI=1S/C26H31N3O4/c30-23(27-15-16-7-3-1-4-8-16)20-19-13-14-26(33-19)21(20)25(32)29(18-11-12-18)22(26)24(31)28-17-9-5-2-6-10-17/h1,3-4,7-8,13-14,17-22H,2,5-6,9-12,15H2,(H,27,30)(H,28,31)/t19-,20-,21+,22+,26-/m1/s1. The Morgan fingerprint density at radius 2 is 1.79 bits per heavy atom. The summed E-state index contributed by atoms with van der Waals surface area (Å²) in [6.45, 7) is 0.401. The van der Waals surface area contributed by atoms with Crippen molar-refractivity contribution in [3.05, 3.63) is 48.0 Å². The molecule has 2 bridgehead atoms. The molecule has 7 nitrogen and oxygen atoms in total. The van der Waals surface area contributed by atoms with Gasteiger partial charge in [-0.05, 0) is 31.2 Å². The predicted octanol–water partition coefficient (Wildman–Crippen LogP) is 2.06. The maximum atomic E-state index is 13.7. The van der Waals surface area contributed by atoms with Crippen LogP contribution in [0, 0.1) is 11.8 Å². The summed E-state index contributed by atoms with van der Waals surface area (Å²) in [6, 6.07) is 9.26. The van der Waals surface area contributed by atoms with E-state index in [4.69, 9.17) is 4.74 Å². The summed E-state index contributed by atoms with van der Waals surface area (Å²) < 4.78 is 6.38. The lowest BCUT2D eigenvalue weighted by Gasteiger charge is -2.34. The molecule has 1 spiro atoms.